The fourth-order valence-electron chi connectivity index (χ4n) is 3.61. The van der Waals surface area contributed by atoms with Crippen molar-refractivity contribution in [1.29, 1.82) is 0 Å². The molecule has 18 heavy (non-hydrogen) atoms. The van der Waals surface area contributed by atoms with Gasteiger partial charge in [0.15, 0.2) is 0 Å². The number of nitrogens with one attached hydrogen (secondary N) is 1. The van der Waals surface area contributed by atoms with Gasteiger partial charge in [0, 0.05) is 12.6 Å². The molecule has 2 unspecified atom stereocenters. The SMILES string of the molecule is CCNC1(C(N)=O)CCC(N2CCC(C)(C)C2)C1. The van der Waals surface area contributed by atoms with Crippen molar-refractivity contribution in [2.75, 3.05) is 19.6 Å². The maximum atomic E-state index is 11.7. The maximum Gasteiger partial charge on any atom is 0.237 e. The molecule has 0 bridgehead atoms. The predicted molar refractivity (Wildman–Crippen MR) is 73.2 cm³/mol. The Kier molecular flexibility index (Phi) is 3.70. The summed E-state index contributed by atoms with van der Waals surface area (Å²) in [5, 5.41) is 3.33. The van der Waals surface area contributed by atoms with E-state index in [1.165, 1.54) is 13.0 Å². The molecule has 2 rings (SSSR count). The van der Waals surface area contributed by atoms with E-state index < -0.39 is 5.54 Å². The number of nitrogens with two attached hydrogens (primary N) is 1. The molecule has 3 N–H and O–H groups in total. The molecule has 1 saturated carbocycles. The molecule has 4 heteroatoms. The van der Waals surface area contributed by atoms with Crippen LogP contribution in [0.25, 0.3) is 0 Å². The highest BCUT2D eigenvalue weighted by Crippen LogP contribution is 2.38. The molecule has 2 aliphatic rings. The average molecular weight is 253 g/mol. The largest absolute Gasteiger partial charge is 0.368 e. The van der Waals surface area contributed by atoms with Crippen molar-refractivity contribution in [2.24, 2.45) is 11.1 Å². The van der Waals surface area contributed by atoms with Crippen molar-refractivity contribution in [3.8, 4) is 0 Å². The third-order valence-electron chi connectivity index (χ3n) is 4.70. The van der Waals surface area contributed by atoms with Gasteiger partial charge in [-0.1, -0.05) is 20.8 Å². The zero-order chi connectivity index (χ0) is 13.4. The molecule has 1 aliphatic heterocycles. The molecule has 0 aromatic carbocycles. The lowest BCUT2D eigenvalue weighted by Gasteiger charge is -2.30. The van der Waals surface area contributed by atoms with Crippen LogP contribution in [0.1, 0.15) is 46.5 Å². The molecule has 1 aliphatic carbocycles. The Morgan fingerprint density at radius 3 is 2.67 bits per heavy atom. The Morgan fingerprint density at radius 2 is 2.17 bits per heavy atom. The third-order valence-corrected chi connectivity index (χ3v) is 4.70. The summed E-state index contributed by atoms with van der Waals surface area (Å²) in [6, 6.07) is 0.526. The number of rotatable bonds is 4. The van der Waals surface area contributed by atoms with Gasteiger partial charge in [-0.2, -0.15) is 0 Å². The van der Waals surface area contributed by atoms with Crippen LogP contribution in [0.15, 0.2) is 0 Å². The number of carbonyl (C=O) groups is 1. The molecule has 0 radical (unpaired) electrons. The molecule has 2 atom stereocenters. The lowest BCUT2D eigenvalue weighted by Crippen LogP contribution is -2.54. The van der Waals surface area contributed by atoms with Crippen molar-refractivity contribution >= 4 is 5.91 Å². The van der Waals surface area contributed by atoms with Gasteiger partial charge in [-0.3, -0.25) is 9.69 Å². The lowest BCUT2D eigenvalue weighted by atomic mass is 9.93. The second kappa shape index (κ2) is 4.82. The van der Waals surface area contributed by atoms with Gasteiger partial charge in [0.05, 0.1) is 5.54 Å². The molecule has 1 heterocycles. The van der Waals surface area contributed by atoms with Crippen LogP contribution < -0.4 is 11.1 Å². The van der Waals surface area contributed by atoms with Crippen LogP contribution in [-0.4, -0.2) is 42.0 Å². The zero-order valence-corrected chi connectivity index (χ0v) is 12.0. The van der Waals surface area contributed by atoms with Crippen LogP contribution in [0, 0.1) is 5.41 Å². The quantitative estimate of drug-likeness (QED) is 0.789. The number of carbonyl (C=O) groups excluding carboxylic acids is 1. The van der Waals surface area contributed by atoms with Gasteiger partial charge < -0.3 is 11.1 Å². The van der Waals surface area contributed by atoms with Crippen LogP contribution in [0.3, 0.4) is 0 Å². The average Bonchev–Trinajstić information content (AvgIpc) is 2.83. The summed E-state index contributed by atoms with van der Waals surface area (Å²) >= 11 is 0. The summed E-state index contributed by atoms with van der Waals surface area (Å²) in [4.78, 5) is 14.3. The summed E-state index contributed by atoms with van der Waals surface area (Å²) in [6.45, 7) is 9.82. The Bertz CT molecular complexity index is 329. The zero-order valence-electron chi connectivity index (χ0n) is 12.0. The van der Waals surface area contributed by atoms with Crippen LogP contribution >= 0.6 is 0 Å². The molecule has 2 fully saturated rings. The Morgan fingerprint density at radius 1 is 1.44 bits per heavy atom. The molecular weight excluding hydrogens is 226 g/mol. The molecule has 0 aromatic rings. The van der Waals surface area contributed by atoms with Crippen LogP contribution in [0.5, 0.6) is 0 Å². The minimum atomic E-state index is -0.452. The second-order valence-corrected chi connectivity index (χ2v) is 6.76. The van der Waals surface area contributed by atoms with E-state index in [0.29, 0.717) is 11.5 Å². The smallest absolute Gasteiger partial charge is 0.237 e. The van der Waals surface area contributed by atoms with E-state index in [0.717, 1.165) is 32.4 Å². The summed E-state index contributed by atoms with van der Waals surface area (Å²) in [5.41, 5.74) is 5.59. The van der Waals surface area contributed by atoms with Crippen molar-refractivity contribution < 1.29 is 4.79 Å². The number of hydrogen-bond acceptors (Lipinski definition) is 3. The van der Waals surface area contributed by atoms with Gasteiger partial charge in [0.25, 0.3) is 0 Å². The summed E-state index contributed by atoms with van der Waals surface area (Å²) in [7, 11) is 0. The van der Waals surface area contributed by atoms with E-state index >= 15 is 0 Å². The Labute approximate surface area is 110 Å². The number of nitrogens with zero attached hydrogens (tertiary/aromatic N) is 1. The van der Waals surface area contributed by atoms with Gasteiger partial charge in [-0.25, -0.2) is 0 Å². The minimum absolute atomic E-state index is 0.176. The van der Waals surface area contributed by atoms with Crippen molar-refractivity contribution in [2.45, 2.75) is 58.0 Å². The first-order valence-corrected chi connectivity index (χ1v) is 7.17. The second-order valence-electron chi connectivity index (χ2n) is 6.76. The topological polar surface area (TPSA) is 58.4 Å². The summed E-state index contributed by atoms with van der Waals surface area (Å²) in [6.07, 6.45) is 4.12. The monoisotopic (exact) mass is 253 g/mol. The highest BCUT2D eigenvalue weighted by molar-refractivity contribution is 5.85. The van der Waals surface area contributed by atoms with E-state index in [9.17, 15) is 4.79 Å². The van der Waals surface area contributed by atoms with E-state index in [2.05, 4.69) is 24.1 Å². The van der Waals surface area contributed by atoms with Crippen LogP contribution in [0.2, 0.25) is 0 Å². The van der Waals surface area contributed by atoms with E-state index in [4.69, 9.17) is 5.73 Å². The van der Waals surface area contributed by atoms with Gasteiger partial charge in [-0.05, 0) is 44.2 Å². The maximum absolute atomic E-state index is 11.7. The molecule has 1 saturated heterocycles. The minimum Gasteiger partial charge on any atom is -0.368 e. The fourth-order valence-corrected chi connectivity index (χ4v) is 3.61. The summed E-state index contributed by atoms with van der Waals surface area (Å²) in [5.74, 6) is -0.176. The number of primary amides is 1. The van der Waals surface area contributed by atoms with Crippen LogP contribution in [-0.2, 0) is 4.79 Å². The Hall–Kier alpha value is -0.610. The third kappa shape index (κ3) is 2.54. The molecule has 0 spiro atoms. The van der Waals surface area contributed by atoms with E-state index in [1.807, 2.05) is 6.92 Å². The van der Waals surface area contributed by atoms with E-state index in [-0.39, 0.29) is 5.91 Å². The van der Waals surface area contributed by atoms with Gasteiger partial charge in [-0.15, -0.1) is 0 Å². The van der Waals surface area contributed by atoms with Crippen molar-refractivity contribution in [1.82, 2.24) is 10.2 Å². The standard InChI is InChI=1S/C14H27N3O/c1-4-16-14(12(15)18)6-5-11(9-14)17-8-7-13(2,3)10-17/h11,16H,4-10H2,1-3H3,(H2,15,18). The molecule has 104 valence electrons. The first-order valence-electron chi connectivity index (χ1n) is 7.17. The van der Waals surface area contributed by atoms with Crippen LogP contribution in [0.4, 0.5) is 0 Å². The number of amides is 1. The molecule has 0 aromatic heterocycles. The first-order chi connectivity index (χ1) is 8.38. The Balaban J connectivity index is 2.01. The molecule has 1 amide bonds. The molecular formula is C14H27N3O. The lowest BCUT2D eigenvalue weighted by molar-refractivity contribution is -0.124. The first kappa shape index (κ1) is 13.8. The van der Waals surface area contributed by atoms with E-state index in [1.54, 1.807) is 0 Å². The molecule has 4 nitrogen and oxygen atoms in total. The van der Waals surface area contributed by atoms with Gasteiger partial charge in [0.1, 0.15) is 0 Å². The highest BCUT2D eigenvalue weighted by atomic mass is 16.1. The highest BCUT2D eigenvalue weighted by Gasteiger charge is 2.46. The fraction of sp³-hybridized carbons (Fsp3) is 0.929. The van der Waals surface area contributed by atoms with Gasteiger partial charge >= 0.3 is 0 Å². The number of likely N-dealkylation sites (N-methyl/N-ethyl adjacent to an activating group) is 1. The summed E-state index contributed by atoms with van der Waals surface area (Å²) < 4.78 is 0. The normalized spacial score (nSPS) is 36.1. The van der Waals surface area contributed by atoms with Crippen molar-refractivity contribution in [3.63, 3.8) is 0 Å². The number of likely N-dealkylation sites (tertiary alicyclic amines) is 1. The van der Waals surface area contributed by atoms with Gasteiger partial charge in [0.2, 0.25) is 5.91 Å². The van der Waals surface area contributed by atoms with Crippen molar-refractivity contribution in [3.05, 3.63) is 0 Å². The predicted octanol–water partition coefficient (Wildman–Crippen LogP) is 1.10. The number of hydrogen-bond donors (Lipinski definition) is 2.